The zero-order chi connectivity index (χ0) is 7.61. The molecule has 5 heteroatoms. The molecule has 0 saturated carbocycles. The van der Waals surface area contributed by atoms with Gasteiger partial charge in [0.1, 0.15) is 5.41 Å². The predicted octanol–water partition coefficient (Wildman–Crippen LogP) is 0.000880. The maximum Gasteiger partial charge on any atom is 0.194 e. The topological polar surface area (TPSA) is 78.2 Å². The summed E-state index contributed by atoms with van der Waals surface area (Å²) in [7, 11) is 0. The second kappa shape index (κ2) is 2.06. The van der Waals surface area contributed by atoms with Crippen molar-refractivity contribution in [2.75, 3.05) is 0 Å². The largest absolute Gasteiger partial charge is 0.197 e. The molecule has 1 aromatic rings. The van der Waals surface area contributed by atoms with Crippen LogP contribution in [-0.2, 0) is 5.41 Å². The number of hydrogen-bond acceptors (Lipinski definition) is 4. The molecule has 0 saturated heterocycles. The molecule has 0 fully saturated rings. The molecule has 1 rings (SSSR count). The van der Waals surface area contributed by atoms with Gasteiger partial charge in [0.15, 0.2) is 5.82 Å². The average Bonchev–Trinajstić information content (AvgIpc) is 2.38. The number of rotatable bonds is 1. The molecular formula is C5H7N5. The fourth-order valence-corrected chi connectivity index (χ4v) is 0.477. The van der Waals surface area contributed by atoms with E-state index in [1.165, 1.54) is 0 Å². The highest BCUT2D eigenvalue weighted by atomic mass is 15.5. The van der Waals surface area contributed by atoms with Gasteiger partial charge in [-0.1, -0.05) is 5.21 Å². The molecule has 0 radical (unpaired) electrons. The van der Waals surface area contributed by atoms with E-state index < -0.39 is 5.41 Å². The summed E-state index contributed by atoms with van der Waals surface area (Å²) in [6.07, 6.45) is 0. The zero-order valence-electron chi connectivity index (χ0n) is 5.79. The van der Waals surface area contributed by atoms with E-state index in [2.05, 4.69) is 26.7 Å². The van der Waals surface area contributed by atoms with Gasteiger partial charge in [0, 0.05) is 0 Å². The van der Waals surface area contributed by atoms with Crippen molar-refractivity contribution in [2.24, 2.45) is 0 Å². The number of H-pyrrole nitrogens is 1. The van der Waals surface area contributed by atoms with E-state index in [0.29, 0.717) is 5.82 Å². The highest BCUT2D eigenvalue weighted by Crippen LogP contribution is 2.15. The van der Waals surface area contributed by atoms with Gasteiger partial charge >= 0.3 is 0 Å². The molecule has 0 aliphatic carbocycles. The Morgan fingerprint density at radius 3 is 2.70 bits per heavy atom. The van der Waals surface area contributed by atoms with Gasteiger partial charge in [-0.25, -0.2) is 0 Å². The van der Waals surface area contributed by atoms with Gasteiger partial charge in [-0.2, -0.15) is 10.5 Å². The predicted molar refractivity (Wildman–Crippen MR) is 32.8 cm³/mol. The Hall–Kier alpha value is -1.44. The van der Waals surface area contributed by atoms with Crippen LogP contribution in [0.25, 0.3) is 0 Å². The second-order valence-corrected chi connectivity index (χ2v) is 2.47. The molecule has 10 heavy (non-hydrogen) atoms. The molecule has 1 N–H and O–H groups in total. The molecule has 52 valence electrons. The van der Waals surface area contributed by atoms with Gasteiger partial charge < -0.3 is 0 Å². The Kier molecular flexibility index (Phi) is 1.38. The van der Waals surface area contributed by atoms with Crippen molar-refractivity contribution in [1.82, 2.24) is 20.6 Å². The van der Waals surface area contributed by atoms with Crippen LogP contribution < -0.4 is 0 Å². The summed E-state index contributed by atoms with van der Waals surface area (Å²) in [5.74, 6) is 0.426. The van der Waals surface area contributed by atoms with Crippen LogP contribution in [0.15, 0.2) is 0 Å². The maximum atomic E-state index is 8.59. The summed E-state index contributed by atoms with van der Waals surface area (Å²) in [5.41, 5.74) is -0.646. The first-order valence-electron chi connectivity index (χ1n) is 2.82. The van der Waals surface area contributed by atoms with Gasteiger partial charge in [-0.15, -0.1) is 10.2 Å². The van der Waals surface area contributed by atoms with Crippen LogP contribution in [0.5, 0.6) is 0 Å². The van der Waals surface area contributed by atoms with Crippen LogP contribution in [0.2, 0.25) is 0 Å². The van der Waals surface area contributed by atoms with Crippen molar-refractivity contribution in [3.8, 4) is 6.07 Å². The lowest BCUT2D eigenvalue weighted by atomic mass is 9.95. The highest BCUT2D eigenvalue weighted by molar-refractivity contribution is 5.13. The van der Waals surface area contributed by atoms with Crippen LogP contribution in [0.4, 0.5) is 0 Å². The Morgan fingerprint density at radius 1 is 1.60 bits per heavy atom. The first-order chi connectivity index (χ1) is 4.67. The summed E-state index contributed by atoms with van der Waals surface area (Å²) in [6, 6.07) is 2.06. The normalized spacial score (nSPS) is 10.9. The van der Waals surface area contributed by atoms with Crippen LogP contribution in [0, 0.1) is 11.3 Å². The lowest BCUT2D eigenvalue weighted by molar-refractivity contribution is 0.630. The van der Waals surface area contributed by atoms with Crippen LogP contribution in [0.3, 0.4) is 0 Å². The van der Waals surface area contributed by atoms with Gasteiger partial charge in [0.2, 0.25) is 0 Å². The summed E-state index contributed by atoms with van der Waals surface area (Å²) in [5, 5.41) is 21.6. The first-order valence-corrected chi connectivity index (χ1v) is 2.82. The third kappa shape index (κ3) is 0.957. The van der Waals surface area contributed by atoms with Crippen molar-refractivity contribution in [1.29, 1.82) is 5.26 Å². The van der Waals surface area contributed by atoms with Crippen molar-refractivity contribution < 1.29 is 0 Å². The molecule has 0 atom stereocenters. The number of nitrogens with one attached hydrogen (secondary N) is 1. The quantitative estimate of drug-likeness (QED) is 0.591. The SMILES string of the molecule is CC(C)(C#N)c1nn[nH]n1. The van der Waals surface area contributed by atoms with Crippen molar-refractivity contribution in [2.45, 2.75) is 19.3 Å². The Bertz CT molecular complexity index is 242. The average molecular weight is 137 g/mol. The number of aromatic amines is 1. The van der Waals surface area contributed by atoms with Gasteiger partial charge in [0.05, 0.1) is 6.07 Å². The van der Waals surface area contributed by atoms with Crippen molar-refractivity contribution in [3.05, 3.63) is 5.82 Å². The third-order valence-electron chi connectivity index (χ3n) is 1.18. The van der Waals surface area contributed by atoms with E-state index in [1.54, 1.807) is 13.8 Å². The monoisotopic (exact) mass is 137 g/mol. The van der Waals surface area contributed by atoms with Gasteiger partial charge in [0.25, 0.3) is 0 Å². The molecule has 1 aromatic heterocycles. The minimum atomic E-state index is -0.646. The Balaban J connectivity index is 2.99. The lowest BCUT2D eigenvalue weighted by Crippen LogP contribution is -2.15. The molecule has 0 aromatic carbocycles. The minimum absolute atomic E-state index is 0.426. The van der Waals surface area contributed by atoms with Gasteiger partial charge in [-0.3, -0.25) is 0 Å². The maximum absolute atomic E-state index is 8.59. The second-order valence-electron chi connectivity index (χ2n) is 2.47. The number of nitrogens with zero attached hydrogens (tertiary/aromatic N) is 4. The molecule has 0 bridgehead atoms. The van der Waals surface area contributed by atoms with Crippen LogP contribution in [-0.4, -0.2) is 20.6 Å². The molecular weight excluding hydrogens is 130 g/mol. The van der Waals surface area contributed by atoms with Crippen LogP contribution >= 0.6 is 0 Å². The zero-order valence-corrected chi connectivity index (χ0v) is 5.79. The molecule has 0 aliphatic heterocycles. The van der Waals surface area contributed by atoms with E-state index in [4.69, 9.17) is 5.26 Å². The van der Waals surface area contributed by atoms with E-state index in [1.807, 2.05) is 0 Å². The lowest BCUT2D eigenvalue weighted by Gasteiger charge is -2.06. The van der Waals surface area contributed by atoms with E-state index in [9.17, 15) is 0 Å². The fraction of sp³-hybridized carbons (Fsp3) is 0.600. The van der Waals surface area contributed by atoms with Crippen molar-refractivity contribution >= 4 is 0 Å². The molecule has 0 spiro atoms. The van der Waals surface area contributed by atoms with Crippen molar-refractivity contribution in [3.63, 3.8) is 0 Å². The molecule has 0 amide bonds. The smallest absolute Gasteiger partial charge is 0.194 e. The number of tetrazole rings is 1. The third-order valence-corrected chi connectivity index (χ3v) is 1.18. The minimum Gasteiger partial charge on any atom is -0.197 e. The van der Waals surface area contributed by atoms with Crippen LogP contribution in [0.1, 0.15) is 19.7 Å². The molecule has 0 aliphatic rings. The fourth-order valence-electron chi connectivity index (χ4n) is 0.477. The molecule has 5 nitrogen and oxygen atoms in total. The number of aromatic nitrogens is 4. The Morgan fingerprint density at radius 2 is 2.30 bits per heavy atom. The number of hydrogen-bond donors (Lipinski definition) is 1. The number of nitriles is 1. The molecule has 1 heterocycles. The molecule has 0 unspecified atom stereocenters. The summed E-state index contributed by atoms with van der Waals surface area (Å²) in [6.45, 7) is 3.47. The van der Waals surface area contributed by atoms with Gasteiger partial charge in [-0.05, 0) is 13.8 Å². The van der Waals surface area contributed by atoms with E-state index in [-0.39, 0.29) is 0 Å². The van der Waals surface area contributed by atoms with E-state index in [0.717, 1.165) is 0 Å². The first kappa shape index (κ1) is 6.68. The van der Waals surface area contributed by atoms with E-state index >= 15 is 0 Å². The standard InChI is InChI=1S/C5H7N5/c1-5(2,3-6)4-7-9-10-8-4/h1-2H3,(H,7,8,9,10). The summed E-state index contributed by atoms with van der Waals surface area (Å²) >= 11 is 0. The summed E-state index contributed by atoms with van der Waals surface area (Å²) < 4.78 is 0. The summed E-state index contributed by atoms with van der Waals surface area (Å²) in [4.78, 5) is 0. The Labute approximate surface area is 58.1 Å². The highest BCUT2D eigenvalue weighted by Gasteiger charge is 2.24.